The number of fused-ring (bicyclic) bond motifs is 3. The minimum Gasteiger partial charge on any atom is -0.369 e. The molecule has 4 aliphatic heterocycles. The zero-order chi connectivity index (χ0) is 16.4. The summed E-state index contributed by atoms with van der Waals surface area (Å²) < 4.78 is 19.5. The van der Waals surface area contributed by atoms with E-state index in [0.29, 0.717) is 37.9 Å². The Morgan fingerprint density at radius 1 is 1.33 bits per heavy atom. The average Bonchev–Trinajstić information content (AvgIpc) is 3.36. The van der Waals surface area contributed by atoms with Gasteiger partial charge in [0.2, 0.25) is 0 Å². The predicted molar refractivity (Wildman–Crippen MR) is 82.5 cm³/mol. The van der Waals surface area contributed by atoms with Crippen LogP contribution >= 0.6 is 11.7 Å². The molecule has 6 rings (SSSR count). The molecule has 1 aromatic rings. The molecule has 4 bridgehead atoms. The number of ether oxygens (including phenoxy) is 2. The van der Waals surface area contributed by atoms with Gasteiger partial charge in [0.25, 0.3) is 11.8 Å². The molecule has 8 nitrogen and oxygen atoms in total. The molecule has 128 valence electrons. The minimum absolute atomic E-state index is 0.0360. The van der Waals surface area contributed by atoms with E-state index >= 15 is 0 Å². The molecule has 0 radical (unpaired) electrons. The lowest BCUT2D eigenvalue weighted by molar-refractivity contribution is -0.145. The summed E-state index contributed by atoms with van der Waals surface area (Å²) in [5.74, 6) is 0.406. The van der Waals surface area contributed by atoms with Crippen molar-refractivity contribution in [2.75, 3.05) is 26.3 Å². The van der Waals surface area contributed by atoms with Crippen molar-refractivity contribution in [1.29, 1.82) is 0 Å². The molecule has 4 saturated heterocycles. The molecule has 9 heteroatoms. The molecule has 0 spiro atoms. The van der Waals surface area contributed by atoms with Crippen LogP contribution in [0.15, 0.2) is 6.20 Å². The van der Waals surface area contributed by atoms with Gasteiger partial charge in [0.05, 0.1) is 43.7 Å². The highest BCUT2D eigenvalue weighted by Crippen LogP contribution is 2.48. The van der Waals surface area contributed by atoms with E-state index in [4.69, 9.17) is 9.47 Å². The number of aromatic nitrogens is 2. The number of hydrogen-bond acceptors (Lipinski definition) is 7. The van der Waals surface area contributed by atoms with Gasteiger partial charge < -0.3 is 19.7 Å². The van der Waals surface area contributed by atoms with Crippen molar-refractivity contribution in [3.63, 3.8) is 0 Å². The molecule has 2 amide bonds. The van der Waals surface area contributed by atoms with Crippen LogP contribution in [-0.2, 0) is 14.3 Å². The van der Waals surface area contributed by atoms with Crippen molar-refractivity contribution in [3.8, 4) is 0 Å². The van der Waals surface area contributed by atoms with E-state index in [1.54, 1.807) is 4.90 Å². The third-order valence-electron chi connectivity index (χ3n) is 5.75. The van der Waals surface area contributed by atoms with Crippen molar-refractivity contribution in [2.24, 2.45) is 5.92 Å². The van der Waals surface area contributed by atoms with Crippen molar-refractivity contribution in [1.82, 2.24) is 19.0 Å². The fourth-order valence-corrected chi connectivity index (χ4v) is 4.84. The number of hydrogen-bond donors (Lipinski definition) is 1. The summed E-state index contributed by atoms with van der Waals surface area (Å²) in [6.45, 7) is 2.09. The van der Waals surface area contributed by atoms with Gasteiger partial charge in [0.15, 0.2) is 5.69 Å². The van der Waals surface area contributed by atoms with Gasteiger partial charge in [-0.2, -0.15) is 8.75 Å². The Hall–Kier alpha value is -1.58. The van der Waals surface area contributed by atoms with Crippen LogP contribution in [0.1, 0.15) is 29.8 Å². The van der Waals surface area contributed by atoms with Crippen LogP contribution in [0.5, 0.6) is 0 Å². The van der Waals surface area contributed by atoms with Crippen LogP contribution < -0.4 is 5.32 Å². The second-order valence-corrected chi connectivity index (χ2v) is 7.90. The van der Waals surface area contributed by atoms with Crippen LogP contribution in [0, 0.1) is 5.92 Å². The summed E-state index contributed by atoms with van der Waals surface area (Å²) in [5.41, 5.74) is -0.706. The van der Waals surface area contributed by atoms with Crippen LogP contribution in [-0.4, -0.2) is 69.0 Å². The quantitative estimate of drug-likeness (QED) is 0.809. The van der Waals surface area contributed by atoms with Crippen LogP contribution in [0.4, 0.5) is 0 Å². The van der Waals surface area contributed by atoms with Gasteiger partial charge in [-0.3, -0.25) is 9.59 Å². The largest absolute Gasteiger partial charge is 0.369 e. The molecular formula is C15H18N4O4S. The smallest absolute Gasteiger partial charge is 0.275 e. The first kappa shape index (κ1) is 14.7. The third kappa shape index (κ3) is 2.04. The molecule has 1 aliphatic carbocycles. The fourth-order valence-electron chi connectivity index (χ4n) is 4.43. The predicted octanol–water partition coefficient (Wildman–Crippen LogP) is -0.183. The topological polar surface area (TPSA) is 93.7 Å². The molecule has 1 N–H and O–H groups in total. The normalized spacial score (nSPS) is 39.1. The summed E-state index contributed by atoms with van der Waals surface area (Å²) >= 11 is 1.03. The maximum atomic E-state index is 12.5. The van der Waals surface area contributed by atoms with E-state index in [-0.39, 0.29) is 17.9 Å². The molecule has 5 heterocycles. The van der Waals surface area contributed by atoms with Crippen molar-refractivity contribution >= 4 is 23.5 Å². The summed E-state index contributed by atoms with van der Waals surface area (Å²) in [5, 5.41) is 3.00. The number of rotatable bonds is 4. The number of carbonyl (C=O) groups is 2. The first-order valence-corrected chi connectivity index (χ1v) is 8.97. The highest BCUT2D eigenvalue weighted by atomic mass is 32.1. The zero-order valence-corrected chi connectivity index (χ0v) is 13.9. The molecule has 2 unspecified atom stereocenters. The Balaban J connectivity index is 1.24. The maximum absolute atomic E-state index is 12.5. The van der Waals surface area contributed by atoms with Crippen molar-refractivity contribution in [3.05, 3.63) is 11.9 Å². The highest BCUT2D eigenvalue weighted by Gasteiger charge is 2.58. The molecule has 24 heavy (non-hydrogen) atoms. The van der Waals surface area contributed by atoms with E-state index in [1.807, 2.05) is 0 Å². The summed E-state index contributed by atoms with van der Waals surface area (Å²) in [4.78, 5) is 26.8. The Kier molecular flexibility index (Phi) is 3.05. The van der Waals surface area contributed by atoms with Gasteiger partial charge in [-0.25, -0.2) is 0 Å². The Bertz CT molecular complexity index is 684. The first-order chi connectivity index (χ1) is 11.6. The molecular weight excluding hydrogens is 332 g/mol. The molecule has 2 atom stereocenters. The van der Waals surface area contributed by atoms with E-state index in [2.05, 4.69) is 14.1 Å². The second kappa shape index (κ2) is 4.96. The maximum Gasteiger partial charge on any atom is 0.275 e. The average molecular weight is 350 g/mol. The number of amides is 2. The lowest BCUT2D eigenvalue weighted by Crippen LogP contribution is -2.56. The summed E-state index contributed by atoms with van der Waals surface area (Å²) in [6, 6.07) is 0.0464. The second-order valence-electron chi connectivity index (χ2n) is 7.34. The number of nitrogens with one attached hydrogen (secondary N) is 1. The van der Waals surface area contributed by atoms with E-state index in [1.165, 1.54) is 6.20 Å². The van der Waals surface area contributed by atoms with Gasteiger partial charge in [0, 0.05) is 13.0 Å². The van der Waals surface area contributed by atoms with E-state index in [0.717, 1.165) is 31.0 Å². The lowest BCUT2D eigenvalue weighted by Gasteiger charge is -2.36. The minimum atomic E-state index is -0.598. The number of carbonyl (C=O) groups excluding carboxylic acids is 2. The Morgan fingerprint density at radius 3 is 2.92 bits per heavy atom. The first-order valence-electron chi connectivity index (χ1n) is 8.24. The SMILES string of the molecule is O=C(c1cnsn1)N1CC2(CNC(=O)C34CC(CO3)C4)CC1CO2. The zero-order valence-electron chi connectivity index (χ0n) is 13.1. The molecule has 5 fully saturated rings. The number of likely N-dealkylation sites (tertiary alicyclic amines) is 1. The molecule has 5 aliphatic rings. The van der Waals surface area contributed by atoms with Gasteiger partial charge in [-0.15, -0.1) is 0 Å². The Labute approximate surface area is 142 Å². The van der Waals surface area contributed by atoms with Crippen molar-refractivity contribution < 1.29 is 19.1 Å². The van der Waals surface area contributed by atoms with Crippen molar-refractivity contribution in [2.45, 2.75) is 36.5 Å². The molecule has 0 aromatic carbocycles. The fraction of sp³-hybridized carbons (Fsp3) is 0.733. The van der Waals surface area contributed by atoms with Gasteiger partial charge in [-0.1, -0.05) is 0 Å². The molecule has 1 aromatic heterocycles. The van der Waals surface area contributed by atoms with E-state index in [9.17, 15) is 9.59 Å². The lowest BCUT2D eigenvalue weighted by atomic mass is 9.74. The van der Waals surface area contributed by atoms with Gasteiger partial charge >= 0.3 is 0 Å². The highest BCUT2D eigenvalue weighted by molar-refractivity contribution is 6.99. The van der Waals surface area contributed by atoms with Gasteiger partial charge in [0.1, 0.15) is 11.2 Å². The summed E-state index contributed by atoms with van der Waals surface area (Å²) in [6.07, 6.45) is 3.90. The third-order valence-corrected chi connectivity index (χ3v) is 6.23. The monoisotopic (exact) mass is 350 g/mol. The Morgan fingerprint density at radius 2 is 2.21 bits per heavy atom. The van der Waals surface area contributed by atoms with Crippen LogP contribution in [0.25, 0.3) is 0 Å². The van der Waals surface area contributed by atoms with E-state index < -0.39 is 11.2 Å². The number of morpholine rings is 1. The van der Waals surface area contributed by atoms with Crippen LogP contribution in [0.2, 0.25) is 0 Å². The number of nitrogens with zero attached hydrogens (tertiary/aromatic N) is 3. The standard InChI is InChI=1S/C15H18N4O4S/c20-12(11-4-17-24-18-11)19-8-14(3-10(19)6-22-14)7-16-13(21)15-1-9(2-15)5-23-15/h4,9-10H,1-3,5-8H2,(H,16,21). The van der Waals surface area contributed by atoms with Gasteiger partial charge in [-0.05, 0) is 18.8 Å². The summed E-state index contributed by atoms with van der Waals surface area (Å²) in [7, 11) is 0. The molecule has 1 saturated carbocycles. The van der Waals surface area contributed by atoms with Crippen LogP contribution in [0.3, 0.4) is 0 Å².